The molecule has 1 heterocycles. The van der Waals surface area contributed by atoms with Crippen molar-refractivity contribution >= 4 is 0 Å². The van der Waals surface area contributed by atoms with Crippen LogP contribution in [0.15, 0.2) is 12.4 Å². The Morgan fingerprint density at radius 2 is 1.07 bits per heavy atom. The van der Waals surface area contributed by atoms with Crippen LogP contribution in [0.2, 0.25) is 0 Å². The van der Waals surface area contributed by atoms with E-state index in [1.165, 1.54) is 115 Å². The number of unbranched alkanes of at least 4 members (excludes halogenated alkanes) is 15. The van der Waals surface area contributed by atoms with Crippen molar-refractivity contribution < 1.29 is 4.57 Å². The van der Waals surface area contributed by atoms with Gasteiger partial charge in [0, 0.05) is 6.42 Å². The van der Waals surface area contributed by atoms with Crippen LogP contribution in [-0.2, 0) is 6.42 Å². The van der Waals surface area contributed by atoms with Crippen molar-refractivity contribution in [1.29, 1.82) is 0 Å². The number of imidazole rings is 1. The highest BCUT2D eigenvalue weighted by Gasteiger charge is 2.20. The molecule has 0 aliphatic rings. The van der Waals surface area contributed by atoms with Gasteiger partial charge < -0.3 is 0 Å². The predicted octanol–water partition coefficient (Wildman–Crippen LogP) is 8.74. The summed E-state index contributed by atoms with van der Waals surface area (Å²) >= 11 is 0. The number of hydrogen-bond donors (Lipinski definition) is 0. The Balaban J connectivity index is 1.96. The largest absolute Gasteiger partial charge is 0.256 e. The van der Waals surface area contributed by atoms with E-state index in [2.05, 4.69) is 56.1 Å². The Labute approximate surface area is 183 Å². The van der Waals surface area contributed by atoms with Crippen molar-refractivity contribution in [3.63, 3.8) is 0 Å². The van der Waals surface area contributed by atoms with Gasteiger partial charge in [0.2, 0.25) is 0 Å². The third kappa shape index (κ3) is 11.8. The molecule has 0 unspecified atom stereocenters. The molecule has 2 heteroatoms. The Kier molecular flexibility index (Phi) is 15.3. The molecule has 1 rings (SSSR count). The van der Waals surface area contributed by atoms with Gasteiger partial charge in [0.1, 0.15) is 12.4 Å². The normalized spacial score (nSPS) is 11.8. The van der Waals surface area contributed by atoms with Gasteiger partial charge in [-0.2, -0.15) is 0 Å². The van der Waals surface area contributed by atoms with Crippen molar-refractivity contribution in [3.8, 4) is 0 Å². The topological polar surface area (TPSA) is 8.81 Å². The van der Waals surface area contributed by atoms with Gasteiger partial charge in [-0.3, -0.25) is 0 Å². The minimum absolute atomic E-state index is 0.561. The highest BCUT2D eigenvalue weighted by molar-refractivity contribution is 4.87. The van der Waals surface area contributed by atoms with Crippen LogP contribution in [0.25, 0.3) is 0 Å². The summed E-state index contributed by atoms with van der Waals surface area (Å²) < 4.78 is 4.93. The van der Waals surface area contributed by atoms with Crippen molar-refractivity contribution in [2.24, 2.45) is 0 Å². The molecule has 0 atom stereocenters. The van der Waals surface area contributed by atoms with Gasteiger partial charge in [-0.15, -0.1) is 0 Å². The van der Waals surface area contributed by atoms with Gasteiger partial charge in [-0.05, 0) is 34.1 Å². The number of rotatable bonds is 19. The van der Waals surface area contributed by atoms with Gasteiger partial charge in [-0.25, -0.2) is 9.13 Å². The molecule has 0 amide bonds. The second-order valence-electron chi connectivity index (χ2n) is 9.77. The summed E-state index contributed by atoms with van der Waals surface area (Å²) in [6.07, 6.45) is 28.8. The number of aromatic nitrogens is 2. The van der Waals surface area contributed by atoms with Crippen molar-refractivity contribution in [3.05, 3.63) is 18.2 Å². The first-order chi connectivity index (χ1) is 14.1. The first-order valence-electron chi connectivity index (χ1n) is 13.2. The fourth-order valence-electron chi connectivity index (χ4n) is 4.48. The van der Waals surface area contributed by atoms with Crippen molar-refractivity contribution in [2.75, 3.05) is 0 Å². The predicted molar refractivity (Wildman–Crippen MR) is 129 cm³/mol. The van der Waals surface area contributed by atoms with Crippen LogP contribution >= 0.6 is 0 Å². The maximum atomic E-state index is 2.46. The molecule has 0 N–H and O–H groups in total. The van der Waals surface area contributed by atoms with E-state index in [4.69, 9.17) is 0 Å². The zero-order chi connectivity index (χ0) is 21.3. The Bertz CT molecular complexity index is 461. The van der Waals surface area contributed by atoms with Gasteiger partial charge >= 0.3 is 0 Å². The van der Waals surface area contributed by atoms with Crippen LogP contribution in [0, 0.1) is 0 Å². The summed E-state index contributed by atoms with van der Waals surface area (Å²) in [6.45, 7) is 11.5. The highest BCUT2D eigenvalue weighted by atomic mass is 15.2. The fraction of sp³-hybridized carbons (Fsp3) is 0.889. The van der Waals surface area contributed by atoms with Crippen molar-refractivity contribution in [1.82, 2.24) is 4.57 Å². The van der Waals surface area contributed by atoms with Gasteiger partial charge in [0.25, 0.3) is 5.82 Å². The molecule has 0 spiro atoms. The molecule has 1 aromatic rings. The van der Waals surface area contributed by atoms with Gasteiger partial charge in [0.15, 0.2) is 0 Å². The fourth-order valence-corrected chi connectivity index (χ4v) is 4.48. The molecule has 0 aliphatic heterocycles. The quantitative estimate of drug-likeness (QED) is 0.161. The SMILES string of the molecule is CCCCCCCCCCCCCCCCCCc1n(C(C)C)cc[n+]1C(C)C. The first-order valence-corrected chi connectivity index (χ1v) is 13.2. The Morgan fingerprint density at radius 1 is 0.655 bits per heavy atom. The van der Waals surface area contributed by atoms with E-state index < -0.39 is 0 Å². The molecule has 0 saturated heterocycles. The molecule has 0 aromatic carbocycles. The second kappa shape index (κ2) is 16.9. The van der Waals surface area contributed by atoms with E-state index in [0.29, 0.717) is 12.1 Å². The maximum Gasteiger partial charge on any atom is 0.256 e. The van der Waals surface area contributed by atoms with Crippen LogP contribution in [0.3, 0.4) is 0 Å². The smallest absolute Gasteiger partial charge is 0.232 e. The van der Waals surface area contributed by atoms with Crippen LogP contribution in [0.4, 0.5) is 0 Å². The molecule has 0 saturated carbocycles. The first kappa shape index (κ1) is 26.2. The average Bonchev–Trinajstić information content (AvgIpc) is 3.12. The zero-order valence-corrected chi connectivity index (χ0v) is 20.7. The summed E-state index contributed by atoms with van der Waals surface area (Å²) in [4.78, 5) is 0. The van der Waals surface area contributed by atoms with E-state index in [-0.39, 0.29) is 0 Å². The van der Waals surface area contributed by atoms with Crippen LogP contribution in [0.5, 0.6) is 0 Å². The lowest BCUT2D eigenvalue weighted by atomic mass is 10.0. The Hall–Kier alpha value is -0.790. The molecular formula is C27H53N2+. The van der Waals surface area contributed by atoms with Crippen molar-refractivity contribution in [2.45, 2.75) is 156 Å². The third-order valence-corrected chi connectivity index (χ3v) is 6.35. The Morgan fingerprint density at radius 3 is 1.45 bits per heavy atom. The van der Waals surface area contributed by atoms with Crippen LogP contribution in [-0.4, -0.2) is 4.57 Å². The number of hydrogen-bond acceptors (Lipinski definition) is 0. The van der Waals surface area contributed by atoms with E-state index >= 15 is 0 Å². The van der Waals surface area contributed by atoms with Gasteiger partial charge in [0.05, 0.1) is 12.1 Å². The molecule has 1 aromatic heterocycles. The lowest BCUT2D eigenvalue weighted by Gasteiger charge is -2.10. The molecule has 29 heavy (non-hydrogen) atoms. The molecule has 0 aliphatic carbocycles. The highest BCUT2D eigenvalue weighted by Crippen LogP contribution is 2.15. The summed E-state index contributed by atoms with van der Waals surface area (Å²) in [5.41, 5.74) is 0. The van der Waals surface area contributed by atoms with Crippen LogP contribution in [0.1, 0.15) is 155 Å². The van der Waals surface area contributed by atoms with E-state index in [1.807, 2.05) is 0 Å². The van der Waals surface area contributed by atoms with E-state index in [0.717, 1.165) is 0 Å². The maximum absolute atomic E-state index is 2.46. The minimum atomic E-state index is 0.561. The number of nitrogens with zero attached hydrogens (tertiary/aromatic N) is 2. The van der Waals surface area contributed by atoms with E-state index in [9.17, 15) is 0 Å². The molecular weight excluding hydrogens is 352 g/mol. The third-order valence-electron chi connectivity index (χ3n) is 6.35. The minimum Gasteiger partial charge on any atom is -0.232 e. The average molecular weight is 406 g/mol. The second-order valence-corrected chi connectivity index (χ2v) is 9.77. The van der Waals surface area contributed by atoms with E-state index in [1.54, 1.807) is 0 Å². The lowest BCUT2D eigenvalue weighted by Crippen LogP contribution is -2.39. The molecule has 0 bridgehead atoms. The molecule has 0 fully saturated rings. The monoisotopic (exact) mass is 405 g/mol. The zero-order valence-electron chi connectivity index (χ0n) is 20.7. The standard InChI is InChI=1S/C27H53N2/c1-6-7-8-9-10-11-12-13-14-15-16-17-18-19-20-21-22-27-28(25(2)3)23-24-29(27)26(4)5/h23-26H,6-22H2,1-5H3/q+1. The summed E-state index contributed by atoms with van der Waals surface area (Å²) in [6, 6.07) is 1.12. The van der Waals surface area contributed by atoms with Crippen LogP contribution < -0.4 is 4.57 Å². The summed E-state index contributed by atoms with van der Waals surface area (Å²) in [7, 11) is 0. The summed E-state index contributed by atoms with van der Waals surface area (Å²) in [5, 5.41) is 0. The molecule has 0 radical (unpaired) electrons. The molecule has 170 valence electrons. The van der Waals surface area contributed by atoms with Gasteiger partial charge in [-0.1, -0.05) is 103 Å². The molecule has 2 nitrogen and oxygen atoms in total. The summed E-state index contributed by atoms with van der Waals surface area (Å²) in [5.74, 6) is 1.51. The lowest BCUT2D eigenvalue weighted by molar-refractivity contribution is -0.722.